The number of carbonyl (C=O) groups is 1. The molecule has 3 nitrogen and oxygen atoms in total. The Morgan fingerprint density at radius 3 is 2.45 bits per heavy atom. The van der Waals surface area contributed by atoms with Gasteiger partial charge in [0.1, 0.15) is 5.82 Å². The maximum Gasteiger partial charge on any atom is 0.247 e. The Balaban J connectivity index is 2.68. The van der Waals surface area contributed by atoms with Crippen molar-refractivity contribution in [1.29, 1.82) is 0 Å². The molecular formula is C16H22FNO2. The van der Waals surface area contributed by atoms with E-state index in [1.54, 1.807) is 25.1 Å². The van der Waals surface area contributed by atoms with Gasteiger partial charge in [0.05, 0.1) is 12.6 Å². The molecule has 0 spiro atoms. The summed E-state index contributed by atoms with van der Waals surface area (Å²) in [6, 6.07) is 5.70. The Hall–Kier alpha value is -1.68. The molecule has 0 saturated carbocycles. The second-order valence-electron chi connectivity index (χ2n) is 5.36. The van der Waals surface area contributed by atoms with Crippen LogP contribution in [0.3, 0.4) is 0 Å². The molecule has 0 aliphatic rings. The first kappa shape index (κ1) is 16.4. The number of benzene rings is 1. The van der Waals surface area contributed by atoms with Crippen LogP contribution in [-0.2, 0) is 4.79 Å². The van der Waals surface area contributed by atoms with Crippen LogP contribution in [0, 0.1) is 11.7 Å². The van der Waals surface area contributed by atoms with Gasteiger partial charge in [-0.3, -0.25) is 4.79 Å². The van der Waals surface area contributed by atoms with Crippen molar-refractivity contribution in [1.82, 2.24) is 5.32 Å². The number of nitrogens with one attached hydrogen (secondary N) is 1. The Kier molecular flexibility index (Phi) is 6.39. The maximum atomic E-state index is 12.8. The average molecular weight is 279 g/mol. The SMILES string of the molecule is C/C(=C\c1ccc(F)cc1)C(=O)NC(CO)CC(C)C. The van der Waals surface area contributed by atoms with E-state index in [0.29, 0.717) is 11.5 Å². The van der Waals surface area contributed by atoms with Crippen molar-refractivity contribution < 1.29 is 14.3 Å². The van der Waals surface area contributed by atoms with Crippen molar-refractivity contribution in [2.24, 2.45) is 5.92 Å². The minimum atomic E-state index is -0.304. The van der Waals surface area contributed by atoms with Gasteiger partial charge in [0.25, 0.3) is 0 Å². The van der Waals surface area contributed by atoms with Gasteiger partial charge in [0.15, 0.2) is 0 Å². The molecule has 20 heavy (non-hydrogen) atoms. The Bertz CT molecular complexity index is 466. The smallest absolute Gasteiger partial charge is 0.247 e. The summed E-state index contributed by atoms with van der Waals surface area (Å²) in [5.74, 6) is -0.121. The summed E-state index contributed by atoms with van der Waals surface area (Å²) in [5.41, 5.74) is 1.29. The minimum absolute atomic E-state index is 0.0756. The monoisotopic (exact) mass is 279 g/mol. The zero-order chi connectivity index (χ0) is 15.1. The van der Waals surface area contributed by atoms with Crippen molar-refractivity contribution in [3.63, 3.8) is 0 Å². The predicted molar refractivity (Wildman–Crippen MR) is 78.5 cm³/mol. The van der Waals surface area contributed by atoms with Crippen LogP contribution < -0.4 is 5.32 Å². The lowest BCUT2D eigenvalue weighted by molar-refractivity contribution is -0.118. The van der Waals surface area contributed by atoms with Crippen molar-refractivity contribution in [3.05, 3.63) is 41.2 Å². The third-order valence-corrected chi connectivity index (χ3v) is 2.92. The van der Waals surface area contributed by atoms with Crippen LogP contribution in [0.15, 0.2) is 29.8 Å². The lowest BCUT2D eigenvalue weighted by Gasteiger charge is -2.18. The Labute approximate surface area is 119 Å². The first-order valence-electron chi connectivity index (χ1n) is 6.78. The number of rotatable bonds is 6. The lowest BCUT2D eigenvalue weighted by Crippen LogP contribution is -2.38. The van der Waals surface area contributed by atoms with Gasteiger partial charge in [0, 0.05) is 5.57 Å². The minimum Gasteiger partial charge on any atom is -0.394 e. The van der Waals surface area contributed by atoms with Crippen LogP contribution in [0.25, 0.3) is 6.08 Å². The van der Waals surface area contributed by atoms with E-state index in [0.717, 1.165) is 12.0 Å². The molecule has 1 amide bonds. The normalized spacial score (nSPS) is 13.4. The van der Waals surface area contributed by atoms with Gasteiger partial charge in [-0.1, -0.05) is 26.0 Å². The number of carbonyl (C=O) groups excluding carboxylic acids is 1. The highest BCUT2D eigenvalue weighted by molar-refractivity contribution is 5.97. The molecule has 0 heterocycles. The van der Waals surface area contributed by atoms with Gasteiger partial charge in [-0.25, -0.2) is 4.39 Å². The lowest BCUT2D eigenvalue weighted by atomic mass is 10.0. The predicted octanol–water partition coefficient (Wildman–Crippen LogP) is 2.75. The number of amides is 1. The topological polar surface area (TPSA) is 49.3 Å². The number of halogens is 1. The zero-order valence-electron chi connectivity index (χ0n) is 12.2. The summed E-state index contributed by atoms with van der Waals surface area (Å²) in [6.45, 7) is 5.70. The standard InChI is InChI=1S/C16H22FNO2/c1-11(2)8-15(10-19)18-16(20)12(3)9-13-4-6-14(17)7-5-13/h4-7,9,11,15,19H,8,10H2,1-3H3,(H,18,20)/b12-9+. The van der Waals surface area contributed by atoms with Crippen LogP contribution in [-0.4, -0.2) is 23.7 Å². The molecule has 110 valence electrons. The van der Waals surface area contributed by atoms with E-state index >= 15 is 0 Å². The molecule has 0 bridgehead atoms. The second kappa shape index (κ2) is 7.80. The molecular weight excluding hydrogens is 257 g/mol. The maximum absolute atomic E-state index is 12.8. The summed E-state index contributed by atoms with van der Waals surface area (Å²) in [6.07, 6.45) is 2.42. The highest BCUT2D eigenvalue weighted by Crippen LogP contribution is 2.10. The first-order chi connectivity index (χ1) is 9.42. The van der Waals surface area contributed by atoms with Crippen LogP contribution in [0.4, 0.5) is 4.39 Å². The third-order valence-electron chi connectivity index (χ3n) is 2.92. The molecule has 0 aliphatic carbocycles. The fourth-order valence-corrected chi connectivity index (χ4v) is 1.92. The molecule has 1 rings (SSSR count). The van der Waals surface area contributed by atoms with Crippen LogP contribution in [0.2, 0.25) is 0 Å². The van der Waals surface area contributed by atoms with Gasteiger partial charge in [-0.2, -0.15) is 0 Å². The average Bonchev–Trinajstić information content (AvgIpc) is 2.39. The molecule has 4 heteroatoms. The van der Waals surface area contributed by atoms with E-state index in [2.05, 4.69) is 5.32 Å². The molecule has 0 radical (unpaired) electrons. The molecule has 0 saturated heterocycles. The summed E-state index contributed by atoms with van der Waals surface area (Å²) < 4.78 is 12.8. The van der Waals surface area contributed by atoms with Crippen molar-refractivity contribution in [2.45, 2.75) is 33.2 Å². The van der Waals surface area contributed by atoms with Crippen LogP contribution >= 0.6 is 0 Å². The Morgan fingerprint density at radius 1 is 1.35 bits per heavy atom. The molecule has 2 N–H and O–H groups in total. The summed E-state index contributed by atoms with van der Waals surface area (Å²) in [7, 11) is 0. The summed E-state index contributed by atoms with van der Waals surface area (Å²) in [4.78, 5) is 12.0. The molecule has 0 aliphatic heterocycles. The van der Waals surface area contributed by atoms with Crippen molar-refractivity contribution >= 4 is 12.0 Å². The molecule has 1 atom stereocenters. The Morgan fingerprint density at radius 2 is 1.95 bits per heavy atom. The largest absolute Gasteiger partial charge is 0.394 e. The van der Waals surface area contributed by atoms with Gasteiger partial charge < -0.3 is 10.4 Å². The van der Waals surface area contributed by atoms with E-state index in [4.69, 9.17) is 0 Å². The third kappa shape index (κ3) is 5.53. The molecule has 1 aromatic carbocycles. The number of hydrogen-bond donors (Lipinski definition) is 2. The highest BCUT2D eigenvalue weighted by atomic mass is 19.1. The quantitative estimate of drug-likeness (QED) is 0.787. The van der Waals surface area contributed by atoms with Crippen molar-refractivity contribution in [3.8, 4) is 0 Å². The van der Waals surface area contributed by atoms with E-state index in [1.807, 2.05) is 13.8 Å². The molecule has 1 unspecified atom stereocenters. The number of aliphatic hydroxyl groups excluding tert-OH is 1. The fourth-order valence-electron chi connectivity index (χ4n) is 1.92. The summed E-state index contributed by atoms with van der Waals surface area (Å²) >= 11 is 0. The van der Waals surface area contributed by atoms with Gasteiger partial charge in [0.2, 0.25) is 5.91 Å². The van der Waals surface area contributed by atoms with Crippen LogP contribution in [0.1, 0.15) is 32.8 Å². The molecule has 0 aromatic heterocycles. The molecule has 0 fully saturated rings. The van der Waals surface area contributed by atoms with Gasteiger partial charge in [-0.05, 0) is 43.0 Å². The number of hydrogen-bond acceptors (Lipinski definition) is 2. The van der Waals surface area contributed by atoms with Gasteiger partial charge in [-0.15, -0.1) is 0 Å². The number of aliphatic hydroxyl groups is 1. The fraction of sp³-hybridized carbons (Fsp3) is 0.438. The second-order valence-corrected chi connectivity index (χ2v) is 5.36. The zero-order valence-corrected chi connectivity index (χ0v) is 12.2. The van der Waals surface area contributed by atoms with Crippen LogP contribution in [0.5, 0.6) is 0 Å². The first-order valence-corrected chi connectivity index (χ1v) is 6.78. The van der Waals surface area contributed by atoms with E-state index in [1.165, 1.54) is 12.1 Å². The van der Waals surface area contributed by atoms with E-state index in [9.17, 15) is 14.3 Å². The summed E-state index contributed by atoms with van der Waals surface area (Å²) in [5, 5.41) is 12.0. The van der Waals surface area contributed by atoms with E-state index in [-0.39, 0.29) is 24.4 Å². The molecule has 1 aromatic rings. The van der Waals surface area contributed by atoms with Gasteiger partial charge >= 0.3 is 0 Å². The van der Waals surface area contributed by atoms with Crippen molar-refractivity contribution in [2.75, 3.05) is 6.61 Å². The highest BCUT2D eigenvalue weighted by Gasteiger charge is 2.13. The van der Waals surface area contributed by atoms with E-state index < -0.39 is 0 Å².